The highest BCUT2D eigenvalue weighted by molar-refractivity contribution is 6.31. The normalized spacial score (nSPS) is 11.8. The van der Waals surface area contributed by atoms with Gasteiger partial charge in [0.25, 0.3) is 17.4 Å². The van der Waals surface area contributed by atoms with Crippen molar-refractivity contribution in [1.29, 1.82) is 0 Å². The Kier molecular flexibility index (Phi) is 9.25. The van der Waals surface area contributed by atoms with Crippen LogP contribution in [0.3, 0.4) is 0 Å². The fourth-order valence-corrected chi connectivity index (χ4v) is 4.83. The number of aromatic nitrogens is 2. The monoisotopic (exact) mass is 579 g/mol. The van der Waals surface area contributed by atoms with Crippen molar-refractivity contribution in [1.82, 2.24) is 19.4 Å². The highest BCUT2D eigenvalue weighted by atomic mass is 35.5. The van der Waals surface area contributed by atoms with Gasteiger partial charge in [0, 0.05) is 36.2 Å². The molecule has 1 heterocycles. The van der Waals surface area contributed by atoms with E-state index in [4.69, 9.17) is 33.9 Å². The van der Waals surface area contributed by atoms with Crippen LogP contribution in [0.4, 0.5) is 0 Å². The van der Waals surface area contributed by atoms with Gasteiger partial charge in [-0.1, -0.05) is 59.1 Å². The molecule has 1 aromatic heterocycles. The summed E-state index contributed by atoms with van der Waals surface area (Å²) in [7, 11) is 3.20. The van der Waals surface area contributed by atoms with Crippen molar-refractivity contribution < 1.29 is 9.59 Å². The first kappa shape index (κ1) is 29.3. The number of halogens is 2. The van der Waals surface area contributed by atoms with Crippen LogP contribution in [-0.4, -0.2) is 58.4 Å². The summed E-state index contributed by atoms with van der Waals surface area (Å²) in [6.07, 6.45) is 0.433. The summed E-state index contributed by atoms with van der Waals surface area (Å²) in [4.78, 5) is 49.5. The molecule has 0 bridgehead atoms. The number of fused-ring (bicyclic) bond motifs is 1. The molecule has 0 fully saturated rings. The molecule has 10 heteroatoms. The van der Waals surface area contributed by atoms with Crippen molar-refractivity contribution in [3.63, 3.8) is 0 Å². The molecular formula is C30H31Cl2N5O3. The van der Waals surface area contributed by atoms with Gasteiger partial charge < -0.3 is 15.5 Å². The molecule has 4 aromatic rings. The van der Waals surface area contributed by atoms with Crippen LogP contribution in [0.15, 0.2) is 71.5 Å². The average molecular weight is 581 g/mol. The predicted molar refractivity (Wildman–Crippen MR) is 159 cm³/mol. The van der Waals surface area contributed by atoms with E-state index in [9.17, 15) is 14.4 Å². The Hall–Kier alpha value is -3.72. The Morgan fingerprint density at radius 3 is 2.38 bits per heavy atom. The van der Waals surface area contributed by atoms with Crippen LogP contribution in [0, 0.1) is 6.92 Å². The first-order valence-corrected chi connectivity index (χ1v) is 13.6. The van der Waals surface area contributed by atoms with E-state index < -0.39 is 11.9 Å². The highest BCUT2D eigenvalue weighted by Crippen LogP contribution is 2.27. The van der Waals surface area contributed by atoms with Crippen molar-refractivity contribution in [2.75, 3.05) is 27.2 Å². The van der Waals surface area contributed by atoms with Crippen molar-refractivity contribution in [3.05, 3.63) is 110 Å². The van der Waals surface area contributed by atoms with Crippen molar-refractivity contribution >= 4 is 45.9 Å². The quantitative estimate of drug-likeness (QED) is 0.310. The van der Waals surface area contributed by atoms with Crippen LogP contribution in [-0.2, 0) is 11.3 Å². The maximum atomic E-state index is 14.0. The lowest BCUT2D eigenvalue weighted by atomic mass is 10.1. The SMILES string of the molecule is Cc1ccc(C(=O)N(CCCN)C(C(=O)N(C)C)c2nc3cc(Cl)ccc3c(=O)n2Cc2ccccc2Cl)cc1. The number of aryl methyl sites for hydroxylation is 1. The Balaban J connectivity index is 2.01. The van der Waals surface area contributed by atoms with Crippen LogP contribution in [0.2, 0.25) is 10.0 Å². The second-order valence-corrected chi connectivity index (χ2v) is 10.6. The minimum absolute atomic E-state index is 0.0417. The number of carbonyl (C=O) groups excluding carboxylic acids is 2. The van der Waals surface area contributed by atoms with Gasteiger partial charge in [-0.3, -0.25) is 19.0 Å². The molecule has 2 N–H and O–H groups in total. The molecule has 0 saturated heterocycles. The largest absolute Gasteiger partial charge is 0.347 e. The van der Waals surface area contributed by atoms with Gasteiger partial charge >= 0.3 is 0 Å². The van der Waals surface area contributed by atoms with Gasteiger partial charge in [0.1, 0.15) is 5.82 Å². The third-order valence-electron chi connectivity index (χ3n) is 6.63. The molecule has 0 spiro atoms. The minimum atomic E-state index is -1.23. The summed E-state index contributed by atoms with van der Waals surface area (Å²) in [5.41, 5.74) is 7.84. The number of hydrogen-bond donors (Lipinski definition) is 1. The number of hydrogen-bond acceptors (Lipinski definition) is 5. The van der Waals surface area contributed by atoms with E-state index in [1.54, 1.807) is 62.6 Å². The summed E-state index contributed by atoms with van der Waals surface area (Å²) in [6, 6.07) is 17.8. The van der Waals surface area contributed by atoms with Gasteiger partial charge in [-0.05, 0) is 61.9 Å². The topological polar surface area (TPSA) is 102 Å². The second kappa shape index (κ2) is 12.6. The van der Waals surface area contributed by atoms with Crippen LogP contribution in [0.5, 0.6) is 0 Å². The molecule has 0 saturated carbocycles. The van der Waals surface area contributed by atoms with E-state index in [2.05, 4.69) is 0 Å². The third-order valence-corrected chi connectivity index (χ3v) is 7.23. The molecule has 1 atom stereocenters. The van der Waals surface area contributed by atoms with Crippen molar-refractivity contribution in [3.8, 4) is 0 Å². The summed E-state index contributed by atoms with van der Waals surface area (Å²) in [6.45, 7) is 2.44. The van der Waals surface area contributed by atoms with E-state index in [0.717, 1.165) is 5.56 Å². The molecule has 4 rings (SSSR count). The Morgan fingerprint density at radius 2 is 1.73 bits per heavy atom. The molecule has 3 aromatic carbocycles. The number of rotatable bonds is 9. The van der Waals surface area contributed by atoms with Gasteiger partial charge in [-0.25, -0.2) is 4.98 Å². The number of nitrogens with two attached hydrogens (primary N) is 1. The number of benzene rings is 3. The molecule has 1 unspecified atom stereocenters. The fraction of sp³-hybridized carbons (Fsp3) is 0.267. The molecular weight excluding hydrogens is 549 g/mol. The van der Waals surface area contributed by atoms with E-state index in [1.807, 2.05) is 25.1 Å². The van der Waals surface area contributed by atoms with Crippen LogP contribution < -0.4 is 11.3 Å². The molecule has 8 nitrogen and oxygen atoms in total. The predicted octanol–water partition coefficient (Wildman–Crippen LogP) is 4.68. The van der Waals surface area contributed by atoms with E-state index in [1.165, 1.54) is 14.4 Å². The number of nitrogens with zero attached hydrogens (tertiary/aromatic N) is 4. The maximum absolute atomic E-state index is 14.0. The molecule has 0 aliphatic carbocycles. The van der Waals surface area contributed by atoms with E-state index in [-0.39, 0.29) is 30.4 Å². The lowest BCUT2D eigenvalue weighted by Gasteiger charge is -2.33. The van der Waals surface area contributed by atoms with Crippen LogP contribution in [0.25, 0.3) is 10.9 Å². The molecule has 0 aliphatic heterocycles. The molecule has 40 heavy (non-hydrogen) atoms. The third kappa shape index (κ3) is 6.20. The van der Waals surface area contributed by atoms with E-state index in [0.29, 0.717) is 45.0 Å². The van der Waals surface area contributed by atoms with Crippen molar-refractivity contribution in [2.45, 2.75) is 25.9 Å². The van der Waals surface area contributed by atoms with Gasteiger partial charge in [0.05, 0.1) is 17.4 Å². The first-order valence-electron chi connectivity index (χ1n) is 12.8. The van der Waals surface area contributed by atoms with Gasteiger partial charge in [-0.15, -0.1) is 0 Å². The van der Waals surface area contributed by atoms with Crippen LogP contribution in [0.1, 0.15) is 39.8 Å². The summed E-state index contributed by atoms with van der Waals surface area (Å²) in [5.74, 6) is -0.687. The molecule has 0 radical (unpaired) electrons. The Labute approximate surface area is 242 Å². The van der Waals surface area contributed by atoms with E-state index >= 15 is 0 Å². The minimum Gasteiger partial charge on any atom is -0.347 e. The maximum Gasteiger partial charge on any atom is 0.261 e. The summed E-state index contributed by atoms with van der Waals surface area (Å²) < 4.78 is 1.42. The van der Waals surface area contributed by atoms with Crippen LogP contribution >= 0.6 is 23.2 Å². The number of carbonyl (C=O) groups is 2. The molecule has 208 valence electrons. The highest BCUT2D eigenvalue weighted by Gasteiger charge is 2.37. The zero-order chi connectivity index (χ0) is 29.0. The average Bonchev–Trinajstić information content (AvgIpc) is 2.93. The molecule has 2 amide bonds. The Bertz CT molecular complexity index is 1600. The number of likely N-dealkylation sites (N-methyl/N-ethyl adjacent to an activating group) is 1. The first-order chi connectivity index (χ1) is 19.1. The lowest BCUT2D eigenvalue weighted by molar-refractivity contribution is -0.134. The molecule has 0 aliphatic rings. The summed E-state index contributed by atoms with van der Waals surface area (Å²) in [5, 5.41) is 1.18. The number of amides is 2. The smallest absolute Gasteiger partial charge is 0.261 e. The van der Waals surface area contributed by atoms with Gasteiger partial charge in [-0.2, -0.15) is 0 Å². The fourth-order valence-electron chi connectivity index (χ4n) is 4.47. The Morgan fingerprint density at radius 1 is 1.02 bits per heavy atom. The second-order valence-electron chi connectivity index (χ2n) is 9.76. The standard InChI is InChI=1S/C30H31Cl2N5O3/c1-19-9-11-20(12-10-19)28(38)36(16-6-15-33)26(30(40)35(2)3)27-34-25-17-22(31)13-14-23(25)29(39)37(27)18-21-7-4-5-8-24(21)32/h4-5,7-14,17,26H,6,15-16,18,33H2,1-3H3. The van der Waals surface area contributed by atoms with Crippen molar-refractivity contribution in [2.24, 2.45) is 5.73 Å². The van der Waals surface area contributed by atoms with Gasteiger partial charge in [0.2, 0.25) is 0 Å². The zero-order valence-corrected chi connectivity index (χ0v) is 24.1. The van der Waals surface area contributed by atoms with Gasteiger partial charge in [0.15, 0.2) is 6.04 Å². The lowest BCUT2D eigenvalue weighted by Crippen LogP contribution is -2.47. The zero-order valence-electron chi connectivity index (χ0n) is 22.6. The summed E-state index contributed by atoms with van der Waals surface area (Å²) >= 11 is 12.7.